The molecule has 2 atom stereocenters. The fourth-order valence-corrected chi connectivity index (χ4v) is 6.98. The Morgan fingerprint density at radius 1 is 0.697 bits per heavy atom. The lowest BCUT2D eigenvalue weighted by Crippen LogP contribution is -2.27. The predicted octanol–water partition coefficient (Wildman–Crippen LogP) is 8.74. The number of hydrogen-bond donors (Lipinski definition) is 0. The fourth-order valence-electron chi connectivity index (χ4n) is 6.24. The largest absolute Gasteiger partial charge is 0.118 e. The van der Waals surface area contributed by atoms with Crippen molar-refractivity contribution >= 4 is 33.1 Å². The Hall–Kier alpha value is -2.87. The van der Waals surface area contributed by atoms with Crippen LogP contribution in [0.1, 0.15) is 34.2 Å². The average molecular weight is 508 g/mol. The molecule has 0 bridgehead atoms. The standard InChI is InChI=1S/C31H20BrCl/c32-28-14-6-13-27-29(28)24-8-2-4-12-26(24)31(27)25-11-3-1-7-22(25)23-10-5-9-21(30(23)31)19-15-17-20(33)18-16-19/h1-17,20H,18H2. The number of benzene rings is 4. The van der Waals surface area contributed by atoms with Crippen molar-refractivity contribution in [3.05, 3.63) is 135 Å². The second-order valence-electron chi connectivity index (χ2n) is 9.00. The molecule has 0 amide bonds. The highest BCUT2D eigenvalue weighted by atomic mass is 79.9. The Morgan fingerprint density at radius 2 is 1.33 bits per heavy atom. The van der Waals surface area contributed by atoms with Gasteiger partial charge >= 0.3 is 0 Å². The summed E-state index contributed by atoms with van der Waals surface area (Å²) in [6.07, 6.45) is 7.48. The van der Waals surface area contributed by atoms with E-state index in [0.717, 1.165) is 10.9 Å². The van der Waals surface area contributed by atoms with Crippen molar-refractivity contribution in [3.63, 3.8) is 0 Å². The van der Waals surface area contributed by atoms with Crippen LogP contribution in [0.2, 0.25) is 0 Å². The summed E-state index contributed by atoms with van der Waals surface area (Å²) in [4.78, 5) is 0. The Bertz CT molecular complexity index is 1530. The molecule has 4 aromatic rings. The number of fused-ring (bicyclic) bond motifs is 10. The first-order valence-electron chi connectivity index (χ1n) is 11.4. The second kappa shape index (κ2) is 7.06. The van der Waals surface area contributed by atoms with E-state index in [1.165, 1.54) is 55.6 Å². The summed E-state index contributed by atoms with van der Waals surface area (Å²) in [5, 5.41) is 0.0700. The van der Waals surface area contributed by atoms with Gasteiger partial charge in [0.1, 0.15) is 0 Å². The van der Waals surface area contributed by atoms with E-state index in [9.17, 15) is 0 Å². The predicted molar refractivity (Wildman–Crippen MR) is 142 cm³/mol. The molecule has 1 spiro atoms. The van der Waals surface area contributed by atoms with Gasteiger partial charge in [0.2, 0.25) is 0 Å². The highest BCUT2D eigenvalue weighted by molar-refractivity contribution is 9.10. The molecule has 3 aliphatic rings. The SMILES string of the molecule is ClC1C=CC(c2cccc3c2C2(c4ccccc4-3)c3ccccc3-c3c(Br)cccc32)=CC1. The molecule has 0 saturated carbocycles. The summed E-state index contributed by atoms with van der Waals surface area (Å²) in [5.41, 5.74) is 13.0. The molecule has 0 nitrogen and oxygen atoms in total. The molecule has 0 radical (unpaired) electrons. The van der Waals surface area contributed by atoms with Crippen LogP contribution in [0.5, 0.6) is 0 Å². The number of allylic oxidation sites excluding steroid dienone is 4. The third-order valence-corrected chi connectivity index (χ3v) is 8.42. The molecule has 2 heteroatoms. The van der Waals surface area contributed by atoms with Crippen molar-refractivity contribution < 1.29 is 0 Å². The summed E-state index contributed by atoms with van der Waals surface area (Å²) in [5.74, 6) is 0. The lowest BCUT2D eigenvalue weighted by molar-refractivity contribution is 0.790. The lowest BCUT2D eigenvalue weighted by atomic mass is 9.68. The zero-order valence-electron chi connectivity index (χ0n) is 17.9. The summed E-state index contributed by atoms with van der Waals surface area (Å²) >= 11 is 10.3. The van der Waals surface area contributed by atoms with Crippen molar-refractivity contribution in [1.82, 2.24) is 0 Å². The topological polar surface area (TPSA) is 0 Å². The van der Waals surface area contributed by atoms with E-state index in [-0.39, 0.29) is 10.8 Å². The van der Waals surface area contributed by atoms with Crippen LogP contribution in [0.15, 0.2) is 108 Å². The maximum atomic E-state index is 6.39. The third kappa shape index (κ3) is 2.47. The highest BCUT2D eigenvalue weighted by Crippen LogP contribution is 2.64. The highest BCUT2D eigenvalue weighted by Gasteiger charge is 2.53. The Labute approximate surface area is 207 Å². The minimum Gasteiger partial charge on any atom is -0.118 e. The fraction of sp³-hybridized carbons (Fsp3) is 0.0968. The summed E-state index contributed by atoms with van der Waals surface area (Å²) in [6.45, 7) is 0. The molecule has 0 heterocycles. The quantitative estimate of drug-likeness (QED) is 0.195. The molecule has 0 aromatic heterocycles. The molecule has 2 unspecified atom stereocenters. The van der Waals surface area contributed by atoms with Crippen molar-refractivity contribution in [3.8, 4) is 22.3 Å². The van der Waals surface area contributed by atoms with E-state index >= 15 is 0 Å². The molecule has 3 aliphatic carbocycles. The van der Waals surface area contributed by atoms with Gasteiger partial charge in [-0.05, 0) is 62.6 Å². The van der Waals surface area contributed by atoms with E-state index in [1.807, 2.05) is 0 Å². The van der Waals surface area contributed by atoms with E-state index < -0.39 is 0 Å². The normalized spacial score (nSPS) is 21.4. The van der Waals surface area contributed by atoms with Gasteiger partial charge in [-0.2, -0.15) is 0 Å². The molecule has 4 aromatic carbocycles. The van der Waals surface area contributed by atoms with Gasteiger partial charge < -0.3 is 0 Å². The van der Waals surface area contributed by atoms with Crippen LogP contribution in [0, 0.1) is 0 Å². The van der Waals surface area contributed by atoms with Crippen LogP contribution < -0.4 is 0 Å². The van der Waals surface area contributed by atoms with Gasteiger partial charge in [-0.3, -0.25) is 0 Å². The lowest BCUT2D eigenvalue weighted by Gasteiger charge is -2.32. The first-order valence-corrected chi connectivity index (χ1v) is 12.6. The van der Waals surface area contributed by atoms with Crippen LogP contribution in [0.3, 0.4) is 0 Å². The Kier molecular flexibility index (Phi) is 4.19. The molecule has 0 saturated heterocycles. The molecular formula is C31H20BrCl. The zero-order valence-corrected chi connectivity index (χ0v) is 20.2. The van der Waals surface area contributed by atoms with Gasteiger partial charge in [0.25, 0.3) is 0 Å². The van der Waals surface area contributed by atoms with E-state index in [2.05, 4.69) is 119 Å². The number of rotatable bonds is 1. The van der Waals surface area contributed by atoms with Crippen molar-refractivity contribution in [1.29, 1.82) is 0 Å². The van der Waals surface area contributed by atoms with Crippen LogP contribution in [0.25, 0.3) is 27.8 Å². The summed E-state index contributed by atoms with van der Waals surface area (Å²) in [6, 6.07) is 31.3. The minimum absolute atomic E-state index is 0.0700. The maximum absolute atomic E-state index is 6.39. The van der Waals surface area contributed by atoms with Crippen molar-refractivity contribution in [2.24, 2.45) is 0 Å². The van der Waals surface area contributed by atoms with Crippen molar-refractivity contribution in [2.45, 2.75) is 17.2 Å². The van der Waals surface area contributed by atoms with Crippen LogP contribution in [-0.2, 0) is 5.41 Å². The Morgan fingerprint density at radius 3 is 2.12 bits per heavy atom. The molecular weight excluding hydrogens is 488 g/mol. The maximum Gasteiger partial charge on any atom is 0.0731 e. The minimum atomic E-state index is -0.343. The van der Waals surface area contributed by atoms with Gasteiger partial charge in [0.05, 0.1) is 10.8 Å². The van der Waals surface area contributed by atoms with Crippen LogP contribution in [-0.4, -0.2) is 5.38 Å². The molecule has 0 fully saturated rings. The van der Waals surface area contributed by atoms with E-state index in [0.29, 0.717) is 0 Å². The smallest absolute Gasteiger partial charge is 0.0731 e. The van der Waals surface area contributed by atoms with Crippen LogP contribution >= 0.6 is 27.5 Å². The van der Waals surface area contributed by atoms with Gasteiger partial charge in [-0.15, -0.1) is 11.6 Å². The van der Waals surface area contributed by atoms with Crippen LogP contribution in [0.4, 0.5) is 0 Å². The van der Waals surface area contributed by atoms with E-state index in [4.69, 9.17) is 11.6 Å². The summed E-state index contributed by atoms with van der Waals surface area (Å²) < 4.78 is 1.15. The first-order chi connectivity index (χ1) is 16.2. The average Bonchev–Trinajstić information content (AvgIpc) is 3.33. The van der Waals surface area contributed by atoms with Crippen molar-refractivity contribution in [2.75, 3.05) is 0 Å². The number of alkyl halides is 1. The molecule has 33 heavy (non-hydrogen) atoms. The van der Waals surface area contributed by atoms with Gasteiger partial charge in [-0.1, -0.05) is 113 Å². The summed E-state index contributed by atoms with van der Waals surface area (Å²) in [7, 11) is 0. The molecule has 0 aliphatic heterocycles. The monoisotopic (exact) mass is 506 g/mol. The molecule has 0 N–H and O–H groups in total. The van der Waals surface area contributed by atoms with Gasteiger partial charge in [-0.25, -0.2) is 0 Å². The molecule has 7 rings (SSSR count). The zero-order chi connectivity index (χ0) is 22.2. The Balaban J connectivity index is 1.67. The van der Waals surface area contributed by atoms with E-state index in [1.54, 1.807) is 0 Å². The van der Waals surface area contributed by atoms with Gasteiger partial charge in [0.15, 0.2) is 0 Å². The second-order valence-corrected chi connectivity index (χ2v) is 10.4. The first kappa shape index (κ1) is 19.6. The number of hydrogen-bond acceptors (Lipinski definition) is 0. The number of halogens is 2. The molecule has 158 valence electrons. The van der Waals surface area contributed by atoms with Gasteiger partial charge in [0, 0.05) is 10.0 Å². The third-order valence-electron chi connectivity index (χ3n) is 7.44.